The monoisotopic (exact) mass is 144 g/mol. The molecule has 0 heterocycles. The third-order valence-corrected chi connectivity index (χ3v) is 3.81. The summed E-state index contributed by atoms with van der Waals surface area (Å²) in [6.45, 7) is 12.2. The van der Waals surface area contributed by atoms with Gasteiger partial charge in [-0.25, -0.2) is 0 Å². The van der Waals surface area contributed by atoms with Gasteiger partial charge in [-0.1, -0.05) is 24.8 Å². The van der Waals surface area contributed by atoms with E-state index >= 15 is 0 Å². The quantitative estimate of drug-likeness (QED) is 0.586. The van der Waals surface area contributed by atoms with Crippen LogP contribution in [0, 0.1) is 0 Å². The van der Waals surface area contributed by atoms with Crippen molar-refractivity contribution in [1.29, 1.82) is 0 Å². The Bertz CT molecular complexity index is 111. The molecule has 9 heavy (non-hydrogen) atoms. The molecule has 1 atom stereocenters. The summed E-state index contributed by atoms with van der Waals surface area (Å²) >= 11 is 0. The van der Waals surface area contributed by atoms with Crippen molar-refractivity contribution in [2.75, 3.05) is 0 Å². The Morgan fingerprint density at radius 1 is 1.44 bits per heavy atom. The minimum atomic E-state index is -1.27. The van der Waals surface area contributed by atoms with Gasteiger partial charge in [0, 0.05) is 0 Å². The van der Waals surface area contributed by atoms with Crippen LogP contribution in [0.2, 0.25) is 19.6 Å². The molecular weight excluding hydrogens is 128 g/mol. The van der Waals surface area contributed by atoms with Crippen molar-refractivity contribution >= 4 is 8.07 Å². The van der Waals surface area contributed by atoms with Gasteiger partial charge in [-0.2, -0.15) is 0 Å². The third-order valence-electron chi connectivity index (χ3n) is 1.47. The molecule has 0 spiro atoms. The normalized spacial score (nSPS) is 15.2. The van der Waals surface area contributed by atoms with Gasteiger partial charge in [0.15, 0.2) is 0 Å². The maximum absolute atomic E-state index is 9.09. The van der Waals surface area contributed by atoms with Crippen LogP contribution in [0.5, 0.6) is 0 Å². The van der Waals surface area contributed by atoms with E-state index in [1.54, 1.807) is 6.92 Å². The maximum Gasteiger partial charge on any atom is 0.0750 e. The van der Waals surface area contributed by atoms with E-state index in [4.69, 9.17) is 5.11 Å². The predicted octanol–water partition coefficient (Wildman–Crippen LogP) is 1.80. The highest BCUT2D eigenvalue weighted by atomic mass is 28.3. The van der Waals surface area contributed by atoms with Crippen molar-refractivity contribution in [2.24, 2.45) is 0 Å². The molecule has 0 saturated carbocycles. The van der Waals surface area contributed by atoms with Crippen LogP contribution in [-0.2, 0) is 0 Å². The maximum atomic E-state index is 9.09. The number of aliphatic hydroxyl groups excluding tert-OH is 1. The number of rotatable bonds is 2. The van der Waals surface area contributed by atoms with Gasteiger partial charge in [0.1, 0.15) is 0 Å². The van der Waals surface area contributed by atoms with E-state index in [0.29, 0.717) is 0 Å². The largest absolute Gasteiger partial charge is 0.389 e. The Balaban J connectivity index is 4.06. The van der Waals surface area contributed by atoms with E-state index < -0.39 is 8.07 Å². The molecule has 0 fully saturated rings. The fourth-order valence-electron chi connectivity index (χ4n) is 0.627. The first-order valence-corrected chi connectivity index (χ1v) is 6.73. The van der Waals surface area contributed by atoms with Crippen LogP contribution >= 0.6 is 0 Å². The zero-order valence-electron chi connectivity index (χ0n) is 6.73. The molecule has 0 amide bonds. The van der Waals surface area contributed by atoms with E-state index in [2.05, 4.69) is 26.2 Å². The van der Waals surface area contributed by atoms with Crippen molar-refractivity contribution in [3.05, 3.63) is 11.8 Å². The van der Waals surface area contributed by atoms with Crippen LogP contribution in [0.4, 0.5) is 0 Å². The lowest BCUT2D eigenvalue weighted by Gasteiger charge is -2.21. The minimum Gasteiger partial charge on any atom is -0.389 e. The zero-order valence-corrected chi connectivity index (χ0v) is 7.73. The van der Waals surface area contributed by atoms with Crippen LogP contribution in [0.25, 0.3) is 0 Å². The second-order valence-electron chi connectivity index (χ2n) is 3.45. The van der Waals surface area contributed by atoms with Gasteiger partial charge in [-0.3, -0.25) is 0 Å². The van der Waals surface area contributed by atoms with Gasteiger partial charge in [-0.05, 0) is 6.92 Å². The number of aliphatic hydroxyl groups is 1. The molecule has 0 aliphatic carbocycles. The molecule has 0 aliphatic heterocycles. The molecule has 0 aliphatic rings. The summed E-state index contributed by atoms with van der Waals surface area (Å²) in [6.07, 6.45) is -0.323. The molecule has 54 valence electrons. The molecular formula is C7H16OSi. The first-order valence-electron chi connectivity index (χ1n) is 3.23. The molecule has 0 radical (unpaired) electrons. The fourth-order valence-corrected chi connectivity index (χ4v) is 1.88. The lowest BCUT2D eigenvalue weighted by molar-refractivity contribution is 0.238. The van der Waals surface area contributed by atoms with Crippen LogP contribution in [0.3, 0.4) is 0 Å². The van der Waals surface area contributed by atoms with Gasteiger partial charge in [0.2, 0.25) is 0 Å². The summed E-state index contributed by atoms with van der Waals surface area (Å²) in [5, 5.41) is 10.1. The standard InChI is InChI=1S/C7H16OSi/c1-6(8)7(2)9(3,4)5/h6,8H,2H2,1,3-5H3. The predicted molar refractivity (Wildman–Crippen MR) is 44.2 cm³/mol. The highest BCUT2D eigenvalue weighted by Crippen LogP contribution is 2.15. The van der Waals surface area contributed by atoms with Gasteiger partial charge in [0.25, 0.3) is 0 Å². The lowest BCUT2D eigenvalue weighted by Crippen LogP contribution is -2.29. The van der Waals surface area contributed by atoms with Crippen molar-refractivity contribution in [3.8, 4) is 0 Å². The summed E-state index contributed by atoms with van der Waals surface area (Å²) < 4.78 is 0. The molecule has 0 aromatic rings. The summed E-state index contributed by atoms with van der Waals surface area (Å²) in [5.41, 5.74) is 0. The van der Waals surface area contributed by atoms with Gasteiger partial charge in [-0.15, -0.1) is 6.58 Å². The second kappa shape index (κ2) is 2.67. The fraction of sp³-hybridized carbons (Fsp3) is 0.714. The smallest absolute Gasteiger partial charge is 0.0750 e. The molecule has 0 aromatic heterocycles. The average Bonchev–Trinajstić information content (AvgIpc) is 1.62. The Hall–Kier alpha value is -0.0831. The molecule has 0 bridgehead atoms. The molecule has 0 aromatic carbocycles. The van der Waals surface area contributed by atoms with E-state index in [0.717, 1.165) is 5.20 Å². The molecule has 0 saturated heterocycles. The molecule has 1 nitrogen and oxygen atoms in total. The SMILES string of the molecule is C=C(C(C)O)[Si](C)(C)C. The number of hydrogen-bond donors (Lipinski definition) is 1. The minimum absolute atomic E-state index is 0.323. The van der Waals surface area contributed by atoms with Gasteiger partial charge < -0.3 is 5.11 Å². The summed E-state index contributed by atoms with van der Waals surface area (Å²) in [4.78, 5) is 0. The Morgan fingerprint density at radius 2 is 1.78 bits per heavy atom. The van der Waals surface area contributed by atoms with Crippen molar-refractivity contribution in [3.63, 3.8) is 0 Å². The Kier molecular flexibility index (Phi) is 2.64. The van der Waals surface area contributed by atoms with Crippen molar-refractivity contribution in [2.45, 2.75) is 32.7 Å². The number of hydrogen-bond acceptors (Lipinski definition) is 1. The summed E-state index contributed by atoms with van der Waals surface area (Å²) in [6, 6.07) is 0. The van der Waals surface area contributed by atoms with Crippen LogP contribution in [0.1, 0.15) is 6.92 Å². The Morgan fingerprint density at radius 3 is 1.78 bits per heavy atom. The van der Waals surface area contributed by atoms with Crippen LogP contribution in [-0.4, -0.2) is 19.3 Å². The van der Waals surface area contributed by atoms with E-state index in [-0.39, 0.29) is 6.10 Å². The van der Waals surface area contributed by atoms with E-state index in [1.807, 2.05) is 0 Å². The summed E-state index contributed by atoms with van der Waals surface area (Å²) in [5.74, 6) is 0. The van der Waals surface area contributed by atoms with Gasteiger partial charge in [0.05, 0.1) is 14.2 Å². The molecule has 0 rings (SSSR count). The molecule has 1 N–H and O–H groups in total. The van der Waals surface area contributed by atoms with Gasteiger partial charge >= 0.3 is 0 Å². The van der Waals surface area contributed by atoms with Crippen LogP contribution in [0.15, 0.2) is 11.8 Å². The molecule has 2 heteroatoms. The highest BCUT2D eigenvalue weighted by molar-refractivity contribution is 6.83. The third kappa shape index (κ3) is 2.82. The van der Waals surface area contributed by atoms with Crippen molar-refractivity contribution in [1.82, 2.24) is 0 Å². The zero-order chi connectivity index (χ0) is 7.65. The average molecular weight is 144 g/mol. The molecule has 1 unspecified atom stereocenters. The van der Waals surface area contributed by atoms with Crippen molar-refractivity contribution < 1.29 is 5.11 Å². The Labute approximate surface area is 58.4 Å². The second-order valence-corrected chi connectivity index (χ2v) is 8.59. The summed E-state index contributed by atoms with van der Waals surface area (Å²) in [7, 11) is -1.27. The lowest BCUT2D eigenvalue weighted by atomic mass is 10.4. The topological polar surface area (TPSA) is 20.2 Å². The van der Waals surface area contributed by atoms with Crippen LogP contribution < -0.4 is 0 Å². The first-order chi connectivity index (χ1) is 3.85. The van der Waals surface area contributed by atoms with E-state index in [1.165, 1.54) is 0 Å². The first kappa shape index (κ1) is 8.92. The highest BCUT2D eigenvalue weighted by Gasteiger charge is 2.20. The van der Waals surface area contributed by atoms with E-state index in [9.17, 15) is 0 Å².